The van der Waals surface area contributed by atoms with Crippen LogP contribution in [0.5, 0.6) is 17.2 Å². The van der Waals surface area contributed by atoms with E-state index in [1.807, 2.05) is 36.4 Å². The Morgan fingerprint density at radius 1 is 0.919 bits per heavy atom. The highest BCUT2D eigenvalue weighted by atomic mass is 16.6. The molecule has 3 aromatic rings. The fraction of sp³-hybridized carbons (Fsp3) is 0.387. The number of amides is 1. The minimum atomic E-state index is -0.232. The molecule has 0 aromatic heterocycles. The highest BCUT2D eigenvalue weighted by Crippen LogP contribution is 2.43. The third-order valence-electron chi connectivity index (χ3n) is 7.22. The molecule has 1 saturated heterocycles. The van der Waals surface area contributed by atoms with E-state index < -0.39 is 0 Å². The molecule has 1 amide bonds. The molecule has 0 unspecified atom stereocenters. The number of carbonyl (C=O) groups is 1. The monoisotopic (exact) mass is 501 g/mol. The average Bonchev–Trinajstić information content (AvgIpc) is 2.95. The molecule has 0 spiro atoms. The summed E-state index contributed by atoms with van der Waals surface area (Å²) in [5, 5.41) is 2.86. The second-order valence-corrected chi connectivity index (χ2v) is 10.2. The van der Waals surface area contributed by atoms with Crippen molar-refractivity contribution in [2.45, 2.75) is 38.4 Å². The molecule has 2 aliphatic heterocycles. The van der Waals surface area contributed by atoms with E-state index in [1.54, 1.807) is 0 Å². The van der Waals surface area contributed by atoms with Crippen molar-refractivity contribution < 1.29 is 23.7 Å². The molecule has 6 nitrogen and oxygen atoms in total. The van der Waals surface area contributed by atoms with Crippen LogP contribution < -0.4 is 19.5 Å². The van der Waals surface area contributed by atoms with Gasteiger partial charge in [0.2, 0.25) is 0 Å². The predicted molar refractivity (Wildman–Crippen MR) is 142 cm³/mol. The van der Waals surface area contributed by atoms with Crippen LogP contribution in [0.3, 0.4) is 0 Å². The summed E-state index contributed by atoms with van der Waals surface area (Å²) < 4.78 is 23.7. The van der Waals surface area contributed by atoms with E-state index in [9.17, 15) is 4.79 Å². The zero-order chi connectivity index (χ0) is 25.6. The standard InChI is InChI=1S/C31H35NO5/c1-21(2)27-16-24(22-8-4-3-5-9-22)18-36-31(27)23-12-14-25(15-13-23)34-20-30(33)32-17-26-19-35-28-10-6-7-11-29(28)37-26/h3-15,21,24,26-27,31H,16-20H2,1-2H3,(H,32,33)/t24-,26-,27-,31-/m0/s1. The predicted octanol–water partition coefficient (Wildman–Crippen LogP) is 5.54. The van der Waals surface area contributed by atoms with E-state index in [0.717, 1.165) is 24.3 Å². The van der Waals surface area contributed by atoms with E-state index in [1.165, 1.54) is 5.56 Å². The van der Waals surface area contributed by atoms with Crippen molar-refractivity contribution in [3.8, 4) is 17.2 Å². The Morgan fingerprint density at radius 3 is 2.41 bits per heavy atom. The first-order chi connectivity index (χ1) is 18.1. The number of benzene rings is 3. The number of rotatable bonds is 8. The van der Waals surface area contributed by atoms with Gasteiger partial charge in [-0.2, -0.15) is 0 Å². The summed E-state index contributed by atoms with van der Waals surface area (Å²) in [5.74, 6) is 3.23. The first kappa shape index (κ1) is 25.2. The van der Waals surface area contributed by atoms with Gasteiger partial charge in [-0.25, -0.2) is 0 Å². The van der Waals surface area contributed by atoms with Gasteiger partial charge in [0.25, 0.3) is 5.91 Å². The SMILES string of the molecule is CC(C)[C@@H]1C[C@H](c2ccccc2)CO[C@H]1c1ccc(OCC(=O)NC[C@H]2COc3ccccc3O2)cc1. The number of hydrogen-bond acceptors (Lipinski definition) is 5. The molecule has 194 valence electrons. The molecule has 0 saturated carbocycles. The van der Waals surface area contributed by atoms with Crippen LogP contribution in [-0.4, -0.2) is 38.4 Å². The summed E-state index contributed by atoms with van der Waals surface area (Å²) in [4.78, 5) is 12.3. The molecule has 0 aliphatic carbocycles. The summed E-state index contributed by atoms with van der Waals surface area (Å²) in [6.45, 7) is 5.96. The van der Waals surface area contributed by atoms with E-state index in [2.05, 4.69) is 61.6 Å². The maximum absolute atomic E-state index is 12.3. The third-order valence-corrected chi connectivity index (χ3v) is 7.22. The van der Waals surface area contributed by atoms with Gasteiger partial charge < -0.3 is 24.3 Å². The Bertz CT molecular complexity index is 1160. The molecule has 0 radical (unpaired) electrons. The number of ether oxygens (including phenoxy) is 4. The molecule has 6 heteroatoms. The van der Waals surface area contributed by atoms with Crippen LogP contribution in [0, 0.1) is 11.8 Å². The lowest BCUT2D eigenvalue weighted by atomic mass is 9.76. The minimum Gasteiger partial charge on any atom is -0.486 e. The van der Waals surface area contributed by atoms with Crippen LogP contribution in [0.4, 0.5) is 0 Å². The third kappa shape index (κ3) is 6.25. The van der Waals surface area contributed by atoms with Crippen molar-refractivity contribution in [1.29, 1.82) is 0 Å². The van der Waals surface area contributed by atoms with Gasteiger partial charge in [-0.15, -0.1) is 0 Å². The summed E-state index contributed by atoms with van der Waals surface area (Å²) in [7, 11) is 0. The van der Waals surface area contributed by atoms with Gasteiger partial charge in [-0.3, -0.25) is 4.79 Å². The summed E-state index contributed by atoms with van der Waals surface area (Å²) in [5.41, 5.74) is 2.50. The molecule has 2 aliphatic rings. The number of nitrogens with one attached hydrogen (secondary N) is 1. The van der Waals surface area contributed by atoms with Crippen LogP contribution >= 0.6 is 0 Å². The highest BCUT2D eigenvalue weighted by molar-refractivity contribution is 5.77. The molecular formula is C31H35NO5. The smallest absolute Gasteiger partial charge is 0.258 e. The maximum atomic E-state index is 12.3. The van der Waals surface area contributed by atoms with E-state index >= 15 is 0 Å². The van der Waals surface area contributed by atoms with Crippen LogP contribution in [0.15, 0.2) is 78.9 Å². The van der Waals surface area contributed by atoms with Crippen LogP contribution in [0.2, 0.25) is 0 Å². The van der Waals surface area contributed by atoms with Crippen LogP contribution in [0.1, 0.15) is 43.4 Å². The highest BCUT2D eigenvalue weighted by Gasteiger charge is 2.34. The van der Waals surface area contributed by atoms with E-state index in [4.69, 9.17) is 18.9 Å². The van der Waals surface area contributed by atoms with Gasteiger partial charge in [-0.1, -0.05) is 68.4 Å². The lowest BCUT2D eigenvalue weighted by Crippen LogP contribution is -2.42. The lowest BCUT2D eigenvalue weighted by Gasteiger charge is -2.39. The zero-order valence-electron chi connectivity index (χ0n) is 21.5. The van der Waals surface area contributed by atoms with Gasteiger partial charge in [0.15, 0.2) is 18.1 Å². The zero-order valence-corrected chi connectivity index (χ0v) is 21.5. The van der Waals surface area contributed by atoms with Gasteiger partial charge in [0.1, 0.15) is 18.5 Å². The van der Waals surface area contributed by atoms with Crippen LogP contribution in [0.25, 0.3) is 0 Å². The number of para-hydroxylation sites is 2. The topological polar surface area (TPSA) is 66.0 Å². The number of fused-ring (bicyclic) bond motifs is 1. The van der Waals surface area contributed by atoms with Gasteiger partial charge >= 0.3 is 0 Å². The second-order valence-electron chi connectivity index (χ2n) is 10.2. The molecule has 1 N–H and O–H groups in total. The molecule has 1 fully saturated rings. The van der Waals surface area contributed by atoms with Gasteiger partial charge in [0, 0.05) is 5.92 Å². The van der Waals surface area contributed by atoms with E-state index in [0.29, 0.717) is 42.4 Å². The van der Waals surface area contributed by atoms with Crippen molar-refractivity contribution >= 4 is 5.91 Å². The maximum Gasteiger partial charge on any atom is 0.258 e. The Labute approximate surface area is 218 Å². The van der Waals surface area contributed by atoms with Crippen molar-refractivity contribution in [1.82, 2.24) is 5.32 Å². The van der Waals surface area contributed by atoms with E-state index in [-0.39, 0.29) is 24.7 Å². The Kier molecular flexibility index (Phi) is 7.95. The second kappa shape index (κ2) is 11.7. The molecule has 3 aromatic carbocycles. The van der Waals surface area contributed by atoms with Crippen molar-refractivity contribution in [2.24, 2.45) is 11.8 Å². The quantitative estimate of drug-likeness (QED) is 0.439. The summed E-state index contributed by atoms with van der Waals surface area (Å²) in [6, 6.07) is 26.1. The molecule has 5 rings (SSSR count). The fourth-order valence-electron chi connectivity index (χ4n) is 5.13. The Balaban J connectivity index is 1.10. The van der Waals surface area contributed by atoms with Crippen molar-refractivity contribution in [3.05, 3.63) is 90.0 Å². The van der Waals surface area contributed by atoms with Crippen LogP contribution in [-0.2, 0) is 9.53 Å². The average molecular weight is 502 g/mol. The minimum absolute atomic E-state index is 0.0557. The first-order valence-corrected chi connectivity index (χ1v) is 13.1. The summed E-state index contributed by atoms with van der Waals surface area (Å²) >= 11 is 0. The lowest BCUT2D eigenvalue weighted by molar-refractivity contribution is -0.123. The number of hydrogen-bond donors (Lipinski definition) is 1. The van der Waals surface area contributed by atoms with Crippen molar-refractivity contribution in [3.63, 3.8) is 0 Å². The molecule has 4 atom stereocenters. The largest absolute Gasteiger partial charge is 0.486 e. The van der Waals surface area contributed by atoms with Crippen molar-refractivity contribution in [2.75, 3.05) is 26.4 Å². The van der Waals surface area contributed by atoms with Gasteiger partial charge in [0.05, 0.1) is 19.3 Å². The molecule has 37 heavy (non-hydrogen) atoms. The molecule has 2 heterocycles. The Hall–Kier alpha value is -3.51. The number of carbonyl (C=O) groups excluding carboxylic acids is 1. The summed E-state index contributed by atoms with van der Waals surface area (Å²) in [6.07, 6.45) is 0.927. The Morgan fingerprint density at radius 2 is 1.65 bits per heavy atom. The van der Waals surface area contributed by atoms with Gasteiger partial charge in [-0.05, 0) is 53.6 Å². The normalized spacial score (nSPS) is 22.9. The molecular weight excluding hydrogens is 466 g/mol. The molecule has 0 bridgehead atoms. The first-order valence-electron chi connectivity index (χ1n) is 13.1. The fourth-order valence-corrected chi connectivity index (χ4v) is 5.13.